The van der Waals surface area contributed by atoms with Crippen LogP contribution in [0.5, 0.6) is 11.5 Å². The number of rotatable bonds is 14. The highest BCUT2D eigenvalue weighted by Crippen LogP contribution is 2.39. The van der Waals surface area contributed by atoms with E-state index in [0.29, 0.717) is 23.5 Å². The van der Waals surface area contributed by atoms with Gasteiger partial charge >= 0.3 is 0 Å². The first-order valence-corrected chi connectivity index (χ1v) is 16.9. The maximum absolute atomic E-state index is 9.97. The number of ether oxygens (including phenoxy) is 2. The lowest BCUT2D eigenvalue weighted by Gasteiger charge is -2.27. The van der Waals surface area contributed by atoms with Gasteiger partial charge in [0.15, 0.2) is 6.29 Å². The van der Waals surface area contributed by atoms with E-state index in [1.807, 2.05) is 19.1 Å². The third kappa shape index (κ3) is 10.1. The van der Waals surface area contributed by atoms with Crippen LogP contribution in [-0.4, -0.2) is 18.0 Å². The summed E-state index contributed by atoms with van der Waals surface area (Å²) in [6.07, 6.45) is 11.0. The summed E-state index contributed by atoms with van der Waals surface area (Å²) in [5.74, 6) is 3.27. The lowest BCUT2D eigenvalue weighted by Crippen LogP contribution is -2.19. The van der Waals surface area contributed by atoms with Crippen molar-refractivity contribution in [1.82, 2.24) is 0 Å². The topological polar surface area (TPSA) is 38.7 Å². The first-order chi connectivity index (χ1) is 20.6. The number of phenols is 1. The van der Waals surface area contributed by atoms with E-state index in [-0.39, 0.29) is 11.7 Å². The Balaban J connectivity index is 1.39. The molecule has 0 bridgehead atoms. The Bertz CT molecular complexity index is 1200. The maximum atomic E-state index is 9.97. The standard InChI is InChI=1S/C40H56O3/c1-7-32(34-17-23-39(24-18-34)43-30(3)42-26-25-31-11-9-8-10-12-31)28-36(35-15-21-38(41)22-16-35)27-29(2)33-13-19-37(20-14-33)40(4,5)6/h13-24,29-32,36,41H,7-12,25-28H2,1-6H3. The van der Waals surface area contributed by atoms with Crippen molar-refractivity contribution in [3.8, 4) is 11.5 Å². The summed E-state index contributed by atoms with van der Waals surface area (Å²) < 4.78 is 12.1. The molecule has 3 aromatic rings. The Hall–Kier alpha value is -2.78. The quantitative estimate of drug-likeness (QED) is 0.192. The van der Waals surface area contributed by atoms with E-state index in [0.717, 1.165) is 44.0 Å². The minimum Gasteiger partial charge on any atom is -0.508 e. The van der Waals surface area contributed by atoms with Crippen molar-refractivity contribution < 1.29 is 14.6 Å². The van der Waals surface area contributed by atoms with Crippen LogP contribution < -0.4 is 4.74 Å². The highest BCUT2D eigenvalue weighted by atomic mass is 16.7. The molecule has 0 radical (unpaired) electrons. The van der Waals surface area contributed by atoms with E-state index in [4.69, 9.17) is 9.47 Å². The van der Waals surface area contributed by atoms with Crippen molar-refractivity contribution in [1.29, 1.82) is 0 Å². The predicted octanol–water partition coefficient (Wildman–Crippen LogP) is 11.3. The zero-order valence-corrected chi connectivity index (χ0v) is 27.6. The predicted molar refractivity (Wildman–Crippen MR) is 180 cm³/mol. The third-order valence-corrected chi connectivity index (χ3v) is 9.67. The van der Waals surface area contributed by atoms with Crippen LogP contribution in [0.1, 0.15) is 139 Å². The van der Waals surface area contributed by atoms with Gasteiger partial charge < -0.3 is 14.6 Å². The van der Waals surface area contributed by atoms with E-state index < -0.39 is 0 Å². The fourth-order valence-electron chi connectivity index (χ4n) is 6.79. The second-order valence-corrected chi connectivity index (χ2v) is 14.1. The molecule has 0 heterocycles. The van der Waals surface area contributed by atoms with Gasteiger partial charge in [-0.05, 0) is 108 Å². The second kappa shape index (κ2) is 15.8. The molecule has 4 rings (SSSR count). The Kier molecular flexibility index (Phi) is 12.2. The minimum atomic E-state index is -0.241. The van der Waals surface area contributed by atoms with Crippen molar-refractivity contribution in [3.63, 3.8) is 0 Å². The molecule has 1 saturated carbocycles. The van der Waals surface area contributed by atoms with Crippen LogP contribution >= 0.6 is 0 Å². The molecule has 0 aliphatic heterocycles. The van der Waals surface area contributed by atoms with Crippen molar-refractivity contribution in [2.75, 3.05) is 6.61 Å². The van der Waals surface area contributed by atoms with Crippen LogP contribution in [0.3, 0.4) is 0 Å². The molecule has 43 heavy (non-hydrogen) atoms. The monoisotopic (exact) mass is 584 g/mol. The molecule has 3 aromatic carbocycles. The van der Waals surface area contributed by atoms with Gasteiger partial charge in [-0.1, -0.05) is 115 Å². The molecule has 0 aromatic heterocycles. The van der Waals surface area contributed by atoms with Gasteiger partial charge in [0, 0.05) is 0 Å². The normalized spacial score (nSPS) is 17.3. The average Bonchev–Trinajstić information content (AvgIpc) is 3.00. The number of hydrogen-bond acceptors (Lipinski definition) is 3. The van der Waals surface area contributed by atoms with Gasteiger partial charge in [0.25, 0.3) is 0 Å². The first kappa shape index (κ1) is 33.1. The molecule has 234 valence electrons. The summed E-state index contributed by atoms with van der Waals surface area (Å²) in [6, 6.07) is 25.8. The van der Waals surface area contributed by atoms with Crippen LogP contribution in [-0.2, 0) is 10.2 Å². The molecular weight excluding hydrogens is 528 g/mol. The molecule has 4 atom stereocenters. The van der Waals surface area contributed by atoms with Gasteiger partial charge in [-0.2, -0.15) is 0 Å². The Morgan fingerprint density at radius 2 is 1.33 bits per heavy atom. The number of aromatic hydroxyl groups is 1. The van der Waals surface area contributed by atoms with Gasteiger partial charge in [0.1, 0.15) is 11.5 Å². The molecule has 3 nitrogen and oxygen atoms in total. The molecule has 1 N–H and O–H groups in total. The Morgan fingerprint density at radius 1 is 0.744 bits per heavy atom. The van der Waals surface area contributed by atoms with E-state index >= 15 is 0 Å². The zero-order valence-electron chi connectivity index (χ0n) is 27.6. The minimum absolute atomic E-state index is 0.158. The van der Waals surface area contributed by atoms with Crippen LogP contribution in [0.2, 0.25) is 0 Å². The molecule has 0 amide bonds. The average molecular weight is 585 g/mol. The number of benzene rings is 3. The molecule has 4 unspecified atom stereocenters. The zero-order chi connectivity index (χ0) is 30.8. The van der Waals surface area contributed by atoms with Crippen LogP contribution in [0, 0.1) is 5.92 Å². The third-order valence-electron chi connectivity index (χ3n) is 9.67. The van der Waals surface area contributed by atoms with Gasteiger partial charge in [-0.25, -0.2) is 0 Å². The summed E-state index contributed by atoms with van der Waals surface area (Å²) in [6.45, 7) is 14.2. The van der Waals surface area contributed by atoms with E-state index in [1.165, 1.54) is 54.4 Å². The van der Waals surface area contributed by atoms with Crippen LogP contribution in [0.4, 0.5) is 0 Å². The fraction of sp³-hybridized carbons (Fsp3) is 0.550. The highest BCUT2D eigenvalue weighted by Gasteiger charge is 2.23. The van der Waals surface area contributed by atoms with Crippen molar-refractivity contribution in [3.05, 3.63) is 95.1 Å². The summed E-state index contributed by atoms with van der Waals surface area (Å²) in [5.41, 5.74) is 5.57. The van der Waals surface area contributed by atoms with E-state index in [1.54, 1.807) is 0 Å². The van der Waals surface area contributed by atoms with Gasteiger partial charge in [0.2, 0.25) is 0 Å². The highest BCUT2D eigenvalue weighted by molar-refractivity contribution is 5.33. The van der Waals surface area contributed by atoms with Gasteiger partial charge in [0.05, 0.1) is 6.61 Å². The van der Waals surface area contributed by atoms with E-state index in [2.05, 4.69) is 95.3 Å². The maximum Gasteiger partial charge on any atom is 0.196 e. The van der Waals surface area contributed by atoms with Gasteiger partial charge in [-0.15, -0.1) is 0 Å². The Labute approximate surface area is 262 Å². The van der Waals surface area contributed by atoms with Crippen molar-refractivity contribution >= 4 is 0 Å². The molecule has 0 spiro atoms. The summed E-state index contributed by atoms with van der Waals surface area (Å²) in [7, 11) is 0. The molecule has 1 fully saturated rings. The summed E-state index contributed by atoms with van der Waals surface area (Å²) in [4.78, 5) is 0. The molecule has 3 heteroatoms. The smallest absolute Gasteiger partial charge is 0.196 e. The van der Waals surface area contributed by atoms with E-state index in [9.17, 15) is 5.11 Å². The number of hydrogen-bond donors (Lipinski definition) is 1. The summed E-state index contributed by atoms with van der Waals surface area (Å²) >= 11 is 0. The van der Waals surface area contributed by atoms with Crippen molar-refractivity contribution in [2.45, 2.75) is 129 Å². The largest absolute Gasteiger partial charge is 0.508 e. The molecular formula is C40H56O3. The molecule has 0 saturated heterocycles. The van der Waals surface area contributed by atoms with Crippen molar-refractivity contribution in [2.24, 2.45) is 5.92 Å². The Morgan fingerprint density at radius 3 is 1.93 bits per heavy atom. The van der Waals surface area contributed by atoms with Crippen LogP contribution in [0.25, 0.3) is 0 Å². The lowest BCUT2D eigenvalue weighted by molar-refractivity contribution is -0.0711. The SMILES string of the molecule is CCC(CC(CC(C)c1ccc(C(C)(C)C)cc1)c1ccc(O)cc1)c1ccc(OC(C)OCCC2CCCCC2)cc1. The number of phenolic OH excluding ortho intramolecular Hbond substituents is 1. The summed E-state index contributed by atoms with van der Waals surface area (Å²) in [5, 5.41) is 9.97. The lowest BCUT2D eigenvalue weighted by atomic mass is 9.78. The first-order valence-electron chi connectivity index (χ1n) is 16.9. The molecule has 1 aliphatic carbocycles. The van der Waals surface area contributed by atoms with Gasteiger partial charge in [-0.3, -0.25) is 0 Å². The molecule has 1 aliphatic rings. The fourth-order valence-corrected chi connectivity index (χ4v) is 6.79. The van der Waals surface area contributed by atoms with Crippen LogP contribution in [0.15, 0.2) is 72.8 Å². The second-order valence-electron chi connectivity index (χ2n) is 14.1.